The highest BCUT2D eigenvalue weighted by Crippen LogP contribution is 2.39. The zero-order valence-electron chi connectivity index (χ0n) is 21.6. The van der Waals surface area contributed by atoms with Gasteiger partial charge in [-0.25, -0.2) is 9.78 Å². The van der Waals surface area contributed by atoms with E-state index < -0.39 is 0 Å². The Hall–Kier alpha value is -2.67. The van der Waals surface area contributed by atoms with Crippen molar-refractivity contribution in [3.05, 3.63) is 40.9 Å². The maximum atomic E-state index is 13.3. The molecule has 2 saturated heterocycles. The molecule has 204 valence electrons. The van der Waals surface area contributed by atoms with Crippen LogP contribution in [0.5, 0.6) is 0 Å². The van der Waals surface area contributed by atoms with Gasteiger partial charge in [0.2, 0.25) is 0 Å². The first kappa shape index (κ1) is 26.9. The van der Waals surface area contributed by atoms with Crippen LogP contribution in [0, 0.1) is 0 Å². The van der Waals surface area contributed by atoms with E-state index in [1.807, 2.05) is 43.0 Å². The van der Waals surface area contributed by atoms with Gasteiger partial charge in [-0.1, -0.05) is 17.3 Å². The zero-order valence-corrected chi connectivity index (χ0v) is 23.3. The molecule has 1 aromatic heterocycles. The summed E-state index contributed by atoms with van der Waals surface area (Å²) >= 11 is 3.30. The molecule has 3 heterocycles. The molecule has 3 aliphatic rings. The average Bonchev–Trinajstić information content (AvgIpc) is 3.37. The molecule has 2 amide bonds. The number of nitrogens with one attached hydrogen (secondary N) is 1. The van der Waals surface area contributed by atoms with Crippen LogP contribution in [0.4, 0.5) is 9.93 Å². The van der Waals surface area contributed by atoms with Gasteiger partial charge in [0.25, 0.3) is 5.91 Å². The minimum atomic E-state index is -0.368. The number of nitrogens with zero attached hydrogens (tertiary/aromatic N) is 4. The second-order valence-electron chi connectivity index (χ2n) is 9.71. The Kier molecular flexibility index (Phi) is 8.82. The fraction of sp³-hybridized carbons (Fsp3) is 0.538. The molecule has 2 aromatic rings. The first-order chi connectivity index (χ1) is 18.5. The van der Waals surface area contributed by atoms with Gasteiger partial charge in [-0.05, 0) is 31.9 Å². The molecule has 2 atom stereocenters. The lowest BCUT2D eigenvalue weighted by atomic mass is 10.1. The van der Waals surface area contributed by atoms with Crippen molar-refractivity contribution in [3.8, 4) is 0 Å². The van der Waals surface area contributed by atoms with Crippen molar-refractivity contribution in [2.45, 2.75) is 55.0 Å². The van der Waals surface area contributed by atoms with Crippen molar-refractivity contribution in [3.63, 3.8) is 0 Å². The van der Waals surface area contributed by atoms with Gasteiger partial charge in [-0.2, -0.15) is 0 Å². The van der Waals surface area contributed by atoms with Crippen molar-refractivity contribution in [2.75, 3.05) is 45.3 Å². The van der Waals surface area contributed by atoms with E-state index in [-0.39, 0.29) is 29.9 Å². The third-order valence-electron chi connectivity index (χ3n) is 6.63. The quantitative estimate of drug-likeness (QED) is 0.365. The van der Waals surface area contributed by atoms with Crippen molar-refractivity contribution in [2.24, 2.45) is 5.16 Å². The van der Waals surface area contributed by atoms with Crippen LogP contribution < -0.4 is 5.32 Å². The number of thiazole rings is 1. The van der Waals surface area contributed by atoms with E-state index in [9.17, 15) is 9.59 Å². The largest absolute Gasteiger partial charge is 0.453 e. The molecule has 5 rings (SSSR count). The highest BCUT2D eigenvalue weighted by Gasteiger charge is 2.28. The Balaban J connectivity index is 1.22. The van der Waals surface area contributed by atoms with Crippen LogP contribution in [0.1, 0.15) is 36.6 Å². The van der Waals surface area contributed by atoms with Gasteiger partial charge in [0.15, 0.2) is 16.9 Å². The molecule has 0 spiro atoms. The Bertz CT molecular complexity index is 1150. The number of aromatic nitrogens is 1. The number of hydrogen-bond acceptors (Lipinski definition) is 10. The second kappa shape index (κ2) is 12.5. The van der Waals surface area contributed by atoms with Crippen LogP contribution in [0.2, 0.25) is 0 Å². The van der Waals surface area contributed by atoms with E-state index in [4.69, 9.17) is 14.3 Å². The van der Waals surface area contributed by atoms with E-state index in [0.29, 0.717) is 42.2 Å². The fourth-order valence-corrected chi connectivity index (χ4v) is 6.30. The normalized spacial score (nSPS) is 22.4. The van der Waals surface area contributed by atoms with Gasteiger partial charge in [0.1, 0.15) is 0 Å². The molecule has 1 aliphatic carbocycles. The summed E-state index contributed by atoms with van der Waals surface area (Å²) < 4.78 is 10.2. The molecule has 1 aromatic carbocycles. The number of piperazine rings is 1. The van der Waals surface area contributed by atoms with Gasteiger partial charge in [0, 0.05) is 65.4 Å². The van der Waals surface area contributed by atoms with Gasteiger partial charge >= 0.3 is 6.09 Å². The summed E-state index contributed by atoms with van der Waals surface area (Å²) in [6, 6.07) is 7.95. The predicted molar refractivity (Wildman–Crippen MR) is 147 cm³/mol. The Labute approximate surface area is 230 Å². The molecule has 3 fully saturated rings. The van der Waals surface area contributed by atoms with Crippen LogP contribution >= 0.6 is 23.1 Å². The van der Waals surface area contributed by atoms with Gasteiger partial charge < -0.3 is 19.2 Å². The number of amides is 2. The standard InChI is InChI=1S/C26H33N5O5S2/c1-17-14-30(10-11-31(17)26(33)34-2)15-22-13-27-25(38-22)28-24(32)23(29-36-19-9-12-35-16-19)18-3-5-20(6-4-18)37-21-7-8-21/h3-6,13,17,19,21H,7-12,14-16H2,1-2H3,(H,27,28,32)/b29-23+/t17-,19+/m0/s1. The maximum Gasteiger partial charge on any atom is 0.409 e. The summed E-state index contributed by atoms with van der Waals surface area (Å²) in [4.78, 5) is 41.5. The molecular formula is C26H33N5O5S2. The summed E-state index contributed by atoms with van der Waals surface area (Å²) in [5.74, 6) is -0.368. The molecule has 38 heavy (non-hydrogen) atoms. The van der Waals surface area contributed by atoms with Gasteiger partial charge in [-0.15, -0.1) is 23.1 Å². The Morgan fingerprint density at radius 2 is 2.05 bits per heavy atom. The molecular weight excluding hydrogens is 526 g/mol. The number of anilines is 1. The number of hydrogen-bond donors (Lipinski definition) is 1. The van der Waals surface area contributed by atoms with Crippen LogP contribution in [-0.4, -0.2) is 89.8 Å². The summed E-state index contributed by atoms with van der Waals surface area (Å²) in [6.45, 7) is 5.90. The molecule has 0 bridgehead atoms. The Morgan fingerprint density at radius 3 is 2.74 bits per heavy atom. The van der Waals surface area contributed by atoms with Gasteiger partial charge in [0.05, 0.1) is 20.3 Å². The van der Waals surface area contributed by atoms with Crippen molar-refractivity contribution in [1.29, 1.82) is 0 Å². The molecule has 12 heteroatoms. The summed E-state index contributed by atoms with van der Waals surface area (Å²) in [6.07, 6.45) is 4.60. The Morgan fingerprint density at radius 1 is 1.24 bits per heavy atom. The third kappa shape index (κ3) is 7.04. The van der Waals surface area contributed by atoms with E-state index in [0.717, 1.165) is 24.4 Å². The van der Waals surface area contributed by atoms with Crippen molar-refractivity contribution in [1.82, 2.24) is 14.8 Å². The maximum absolute atomic E-state index is 13.3. The average molecular weight is 560 g/mol. The highest BCUT2D eigenvalue weighted by molar-refractivity contribution is 8.00. The molecule has 0 unspecified atom stereocenters. The monoisotopic (exact) mass is 559 g/mol. The fourth-order valence-electron chi connectivity index (χ4n) is 4.40. The summed E-state index contributed by atoms with van der Waals surface area (Å²) in [5.41, 5.74) is 0.903. The molecule has 0 radical (unpaired) electrons. The van der Waals surface area contributed by atoms with E-state index in [1.165, 1.54) is 36.2 Å². The minimum absolute atomic E-state index is 0.0568. The topological polar surface area (TPSA) is 106 Å². The first-order valence-electron chi connectivity index (χ1n) is 12.9. The number of methoxy groups -OCH3 is 1. The first-order valence-corrected chi connectivity index (χ1v) is 14.6. The smallest absolute Gasteiger partial charge is 0.409 e. The highest BCUT2D eigenvalue weighted by atomic mass is 32.2. The number of benzene rings is 1. The number of oxime groups is 1. The zero-order chi connectivity index (χ0) is 26.5. The third-order valence-corrected chi connectivity index (χ3v) is 8.87. The van der Waals surface area contributed by atoms with E-state index in [1.54, 1.807) is 11.1 Å². The summed E-state index contributed by atoms with van der Waals surface area (Å²) in [5, 5.41) is 8.37. The second-order valence-corrected chi connectivity index (χ2v) is 12.2. The lowest BCUT2D eigenvalue weighted by Gasteiger charge is -2.38. The molecule has 10 nitrogen and oxygen atoms in total. The van der Waals surface area contributed by atoms with Crippen LogP contribution in [0.25, 0.3) is 0 Å². The van der Waals surface area contributed by atoms with Gasteiger partial charge in [-0.3, -0.25) is 15.0 Å². The lowest BCUT2D eigenvalue weighted by Crippen LogP contribution is -2.53. The number of thioether (sulfide) groups is 1. The van der Waals surface area contributed by atoms with Crippen LogP contribution in [-0.2, 0) is 25.7 Å². The van der Waals surface area contributed by atoms with E-state index >= 15 is 0 Å². The molecule has 1 saturated carbocycles. The van der Waals surface area contributed by atoms with Crippen LogP contribution in [0.3, 0.4) is 0 Å². The summed E-state index contributed by atoms with van der Waals surface area (Å²) in [7, 11) is 1.41. The number of rotatable bonds is 9. The molecule has 2 aliphatic heterocycles. The van der Waals surface area contributed by atoms with Crippen LogP contribution in [0.15, 0.2) is 40.5 Å². The number of carbonyl (C=O) groups is 2. The number of carbonyl (C=O) groups excluding carboxylic acids is 2. The predicted octanol–water partition coefficient (Wildman–Crippen LogP) is 3.82. The lowest BCUT2D eigenvalue weighted by molar-refractivity contribution is -0.110. The SMILES string of the molecule is COC(=O)N1CCN(Cc2cnc(NC(=O)/C(=N/O[C@@H]3CCOC3)c3ccc(SC4CC4)cc3)s2)C[C@@H]1C. The van der Waals surface area contributed by atoms with Crippen molar-refractivity contribution >= 4 is 45.9 Å². The van der Waals surface area contributed by atoms with E-state index in [2.05, 4.69) is 20.4 Å². The molecule has 1 N–H and O–H groups in total. The number of ether oxygens (including phenoxy) is 2. The minimum Gasteiger partial charge on any atom is -0.453 e. The van der Waals surface area contributed by atoms with Crippen molar-refractivity contribution < 1.29 is 23.9 Å².